The number of furan rings is 1. The first kappa shape index (κ1) is 23.2. The number of carbonyl (C=O) groups is 2. The predicted molar refractivity (Wildman–Crippen MR) is 118 cm³/mol. The maximum Gasteiger partial charge on any atom is 0.273 e. The first-order valence-electron chi connectivity index (χ1n) is 9.25. The van der Waals surface area contributed by atoms with Gasteiger partial charge in [0, 0.05) is 10.6 Å². The minimum Gasteiger partial charge on any atom is -0.495 e. The molecule has 0 atom stereocenters. The molecule has 0 aliphatic carbocycles. The maximum absolute atomic E-state index is 12.8. The number of benzene rings is 2. The zero-order chi connectivity index (χ0) is 23.5. The molecule has 9 nitrogen and oxygen atoms in total. The molecule has 2 aromatic carbocycles. The van der Waals surface area contributed by atoms with Crippen LogP contribution in [-0.4, -0.2) is 27.3 Å². The molecular formula is C21H20ClN3O6S. The lowest BCUT2D eigenvalue weighted by Gasteiger charge is -2.13. The van der Waals surface area contributed by atoms with Gasteiger partial charge in [-0.15, -0.1) is 0 Å². The van der Waals surface area contributed by atoms with E-state index in [2.05, 4.69) is 15.6 Å². The van der Waals surface area contributed by atoms with Crippen molar-refractivity contribution in [2.75, 3.05) is 11.8 Å². The average molecular weight is 478 g/mol. The number of hydrazine groups is 1. The molecule has 0 bridgehead atoms. The van der Waals surface area contributed by atoms with Crippen LogP contribution in [0, 0.1) is 13.8 Å². The Labute approximate surface area is 189 Å². The highest BCUT2D eigenvalue weighted by molar-refractivity contribution is 7.92. The molecule has 0 aliphatic rings. The molecule has 0 fully saturated rings. The molecule has 32 heavy (non-hydrogen) atoms. The Morgan fingerprint density at radius 2 is 1.72 bits per heavy atom. The molecule has 1 aromatic heterocycles. The van der Waals surface area contributed by atoms with Crippen molar-refractivity contribution in [1.29, 1.82) is 0 Å². The molecule has 3 N–H and O–H groups in total. The van der Waals surface area contributed by atoms with Gasteiger partial charge in [0.2, 0.25) is 0 Å². The van der Waals surface area contributed by atoms with Crippen LogP contribution in [0.3, 0.4) is 0 Å². The SMILES string of the molecule is COc1ccc(Cl)cc1NS(=O)(=O)c1cccc(C(=O)NNC(=O)c2cc(C)oc2C)c1. The fraction of sp³-hybridized carbons (Fsp3) is 0.143. The molecule has 0 aliphatic heterocycles. The van der Waals surface area contributed by atoms with E-state index in [4.69, 9.17) is 20.8 Å². The van der Waals surface area contributed by atoms with Crippen LogP contribution >= 0.6 is 11.6 Å². The van der Waals surface area contributed by atoms with Crippen LogP contribution in [0.5, 0.6) is 5.75 Å². The monoisotopic (exact) mass is 477 g/mol. The van der Waals surface area contributed by atoms with Gasteiger partial charge >= 0.3 is 0 Å². The maximum atomic E-state index is 12.8. The van der Waals surface area contributed by atoms with Crippen molar-refractivity contribution in [3.63, 3.8) is 0 Å². The largest absolute Gasteiger partial charge is 0.495 e. The molecule has 3 rings (SSSR count). The summed E-state index contributed by atoms with van der Waals surface area (Å²) in [4.78, 5) is 24.5. The molecule has 1 heterocycles. The van der Waals surface area contributed by atoms with Gasteiger partial charge in [0.15, 0.2) is 0 Å². The van der Waals surface area contributed by atoms with E-state index in [-0.39, 0.29) is 27.5 Å². The van der Waals surface area contributed by atoms with Gasteiger partial charge < -0.3 is 9.15 Å². The Kier molecular flexibility index (Phi) is 6.75. The molecular weight excluding hydrogens is 458 g/mol. The second kappa shape index (κ2) is 9.33. The van der Waals surface area contributed by atoms with Crippen LogP contribution in [-0.2, 0) is 10.0 Å². The van der Waals surface area contributed by atoms with Gasteiger partial charge in [0.25, 0.3) is 21.8 Å². The Morgan fingerprint density at radius 3 is 2.38 bits per heavy atom. The lowest BCUT2D eigenvalue weighted by Crippen LogP contribution is -2.41. The molecule has 0 saturated heterocycles. The zero-order valence-electron chi connectivity index (χ0n) is 17.4. The van der Waals surface area contributed by atoms with Gasteiger partial charge in [-0.1, -0.05) is 17.7 Å². The molecule has 3 aromatic rings. The van der Waals surface area contributed by atoms with E-state index >= 15 is 0 Å². The number of methoxy groups -OCH3 is 1. The fourth-order valence-electron chi connectivity index (χ4n) is 2.88. The standard InChI is InChI=1S/C21H20ClN3O6S/c1-12-9-17(13(2)31-12)21(27)24-23-20(26)14-5-4-6-16(10-14)32(28,29)25-18-11-15(22)7-8-19(18)30-3/h4-11,25H,1-3H3,(H,23,26)(H,24,27). The highest BCUT2D eigenvalue weighted by atomic mass is 35.5. The number of aryl methyl sites for hydroxylation is 2. The van der Waals surface area contributed by atoms with Crippen molar-refractivity contribution < 1.29 is 27.2 Å². The van der Waals surface area contributed by atoms with Gasteiger partial charge in [0.05, 0.1) is 23.3 Å². The van der Waals surface area contributed by atoms with Crippen LogP contribution in [0.4, 0.5) is 5.69 Å². The number of halogens is 1. The quantitative estimate of drug-likeness (QED) is 0.467. The summed E-state index contributed by atoms with van der Waals surface area (Å²) in [7, 11) is -2.67. The van der Waals surface area contributed by atoms with E-state index in [0.717, 1.165) is 0 Å². The Balaban J connectivity index is 1.75. The Bertz CT molecular complexity index is 1290. The van der Waals surface area contributed by atoms with E-state index in [1.165, 1.54) is 43.5 Å². The van der Waals surface area contributed by atoms with Crippen LogP contribution in [0.25, 0.3) is 0 Å². The Morgan fingerprint density at radius 1 is 1.00 bits per heavy atom. The van der Waals surface area contributed by atoms with Gasteiger partial charge in [-0.05, 0) is 56.3 Å². The fourth-order valence-corrected chi connectivity index (χ4v) is 4.16. The number of amides is 2. The minimum atomic E-state index is -4.06. The lowest BCUT2D eigenvalue weighted by atomic mass is 10.2. The van der Waals surface area contributed by atoms with Crippen LogP contribution in [0.2, 0.25) is 5.02 Å². The summed E-state index contributed by atoms with van der Waals surface area (Å²) in [5.74, 6) is -0.0234. The summed E-state index contributed by atoms with van der Waals surface area (Å²) in [6, 6.07) is 11.3. The van der Waals surface area contributed by atoms with Crippen molar-refractivity contribution >= 4 is 39.1 Å². The number of sulfonamides is 1. The van der Waals surface area contributed by atoms with Crippen molar-refractivity contribution in [2.24, 2.45) is 0 Å². The minimum absolute atomic E-state index is 0.0198. The first-order chi connectivity index (χ1) is 15.1. The molecule has 0 saturated carbocycles. The smallest absolute Gasteiger partial charge is 0.273 e. The summed E-state index contributed by atoms with van der Waals surface area (Å²) < 4.78 is 38.5. The van der Waals surface area contributed by atoms with Gasteiger partial charge in [0.1, 0.15) is 17.3 Å². The second-order valence-corrected chi connectivity index (χ2v) is 8.83. The Hall–Kier alpha value is -3.50. The normalized spacial score (nSPS) is 11.0. The topological polar surface area (TPSA) is 127 Å². The summed E-state index contributed by atoms with van der Waals surface area (Å²) >= 11 is 5.95. The molecule has 2 amide bonds. The third kappa shape index (κ3) is 5.21. The predicted octanol–water partition coefficient (Wildman–Crippen LogP) is 3.43. The molecule has 0 spiro atoms. The average Bonchev–Trinajstić information content (AvgIpc) is 3.09. The van der Waals surface area contributed by atoms with E-state index in [9.17, 15) is 18.0 Å². The highest BCUT2D eigenvalue weighted by Crippen LogP contribution is 2.30. The molecule has 0 unspecified atom stereocenters. The summed E-state index contributed by atoms with van der Waals surface area (Å²) in [5.41, 5.74) is 4.97. The van der Waals surface area contributed by atoms with Gasteiger partial charge in [-0.3, -0.25) is 25.2 Å². The number of anilines is 1. The van der Waals surface area contributed by atoms with E-state index in [1.54, 1.807) is 26.0 Å². The van der Waals surface area contributed by atoms with Gasteiger partial charge in [-0.25, -0.2) is 8.42 Å². The third-order valence-electron chi connectivity index (χ3n) is 4.39. The second-order valence-electron chi connectivity index (χ2n) is 6.71. The number of carbonyl (C=O) groups excluding carboxylic acids is 2. The number of hydrogen-bond donors (Lipinski definition) is 3. The van der Waals surface area contributed by atoms with E-state index in [1.807, 2.05) is 0 Å². The van der Waals surface area contributed by atoms with E-state index in [0.29, 0.717) is 16.5 Å². The zero-order valence-corrected chi connectivity index (χ0v) is 18.9. The van der Waals surface area contributed by atoms with Crippen LogP contribution in [0.1, 0.15) is 32.2 Å². The first-order valence-corrected chi connectivity index (χ1v) is 11.1. The van der Waals surface area contributed by atoms with Crippen molar-refractivity contribution in [3.8, 4) is 5.75 Å². The number of ether oxygens (including phenoxy) is 1. The molecule has 168 valence electrons. The number of hydrogen-bond acceptors (Lipinski definition) is 6. The van der Waals surface area contributed by atoms with Crippen molar-refractivity contribution in [1.82, 2.24) is 10.9 Å². The lowest BCUT2D eigenvalue weighted by molar-refractivity contribution is 0.0845. The third-order valence-corrected chi connectivity index (χ3v) is 5.99. The van der Waals surface area contributed by atoms with E-state index < -0.39 is 21.8 Å². The highest BCUT2D eigenvalue weighted by Gasteiger charge is 2.20. The molecule has 11 heteroatoms. The van der Waals surface area contributed by atoms with Crippen molar-refractivity contribution in [3.05, 3.63) is 76.2 Å². The van der Waals surface area contributed by atoms with Crippen LogP contribution in [0.15, 0.2) is 57.8 Å². The van der Waals surface area contributed by atoms with Crippen LogP contribution < -0.4 is 20.3 Å². The van der Waals surface area contributed by atoms with Gasteiger partial charge in [-0.2, -0.15) is 0 Å². The number of rotatable bonds is 6. The number of nitrogens with one attached hydrogen (secondary N) is 3. The summed E-state index contributed by atoms with van der Waals surface area (Å²) in [6.45, 7) is 3.32. The summed E-state index contributed by atoms with van der Waals surface area (Å²) in [5, 5.41) is 0.315. The van der Waals surface area contributed by atoms with Crippen molar-refractivity contribution in [2.45, 2.75) is 18.7 Å². The molecule has 0 radical (unpaired) electrons. The summed E-state index contributed by atoms with van der Waals surface area (Å²) in [6.07, 6.45) is 0.